The van der Waals surface area contributed by atoms with Crippen molar-refractivity contribution in [3.8, 4) is 5.75 Å². The minimum Gasteiger partial charge on any atom is -0.483 e. The highest BCUT2D eigenvalue weighted by Gasteiger charge is 2.22. The summed E-state index contributed by atoms with van der Waals surface area (Å²) in [6, 6.07) is 18.1. The van der Waals surface area contributed by atoms with Crippen molar-refractivity contribution in [2.75, 3.05) is 6.61 Å². The first-order chi connectivity index (χ1) is 11.7. The monoisotopic (exact) mass is 339 g/mol. The summed E-state index contributed by atoms with van der Waals surface area (Å²) in [7, 11) is 0. The summed E-state index contributed by atoms with van der Waals surface area (Å²) in [6.45, 7) is 10.5. The molecule has 0 saturated heterocycles. The zero-order valence-corrected chi connectivity index (χ0v) is 15.9. The number of hydrogen-bond donors (Lipinski definition) is 1. The molecule has 0 spiro atoms. The van der Waals surface area contributed by atoms with Crippen molar-refractivity contribution in [3.63, 3.8) is 0 Å². The van der Waals surface area contributed by atoms with Gasteiger partial charge < -0.3 is 10.1 Å². The molecule has 1 amide bonds. The van der Waals surface area contributed by atoms with E-state index in [1.807, 2.05) is 56.3 Å². The summed E-state index contributed by atoms with van der Waals surface area (Å²) in [4.78, 5) is 12.3. The summed E-state index contributed by atoms with van der Waals surface area (Å²) < 4.78 is 5.81. The van der Waals surface area contributed by atoms with Crippen LogP contribution >= 0.6 is 0 Å². The zero-order chi connectivity index (χ0) is 18.5. The largest absolute Gasteiger partial charge is 0.483 e. The fourth-order valence-electron chi connectivity index (χ4n) is 2.92. The van der Waals surface area contributed by atoms with Gasteiger partial charge in [-0.25, -0.2) is 0 Å². The molecule has 2 aromatic rings. The van der Waals surface area contributed by atoms with Gasteiger partial charge in [-0.3, -0.25) is 4.79 Å². The van der Waals surface area contributed by atoms with Gasteiger partial charge >= 0.3 is 0 Å². The van der Waals surface area contributed by atoms with Crippen LogP contribution in [0.5, 0.6) is 5.75 Å². The molecule has 0 aliphatic carbocycles. The van der Waals surface area contributed by atoms with Gasteiger partial charge in [-0.2, -0.15) is 0 Å². The normalized spacial score (nSPS) is 11.9. The Morgan fingerprint density at radius 3 is 2.16 bits per heavy atom. The van der Waals surface area contributed by atoms with Gasteiger partial charge in [0.2, 0.25) is 0 Å². The number of carbonyl (C=O) groups excluding carboxylic acids is 1. The molecular weight excluding hydrogens is 310 g/mol. The molecule has 2 rings (SSSR count). The minimum absolute atomic E-state index is 0.0192. The Kier molecular flexibility index (Phi) is 5.89. The molecule has 0 radical (unpaired) electrons. The van der Waals surface area contributed by atoms with E-state index in [1.54, 1.807) is 0 Å². The highest BCUT2D eigenvalue weighted by Crippen LogP contribution is 2.30. The van der Waals surface area contributed by atoms with Crippen molar-refractivity contribution < 1.29 is 9.53 Å². The van der Waals surface area contributed by atoms with Crippen molar-refractivity contribution in [1.82, 2.24) is 5.32 Å². The number of nitrogens with one attached hydrogen (secondary N) is 1. The topological polar surface area (TPSA) is 38.3 Å². The number of ether oxygens (including phenoxy) is 1. The SMILES string of the molecule is CC(C)(Cc1ccccc1)NC(=O)COc1ccccc1C(C)(C)C. The van der Waals surface area contributed by atoms with Crippen molar-refractivity contribution in [3.05, 3.63) is 65.7 Å². The summed E-state index contributed by atoms with van der Waals surface area (Å²) in [5.41, 5.74) is 1.95. The average Bonchev–Trinajstić information content (AvgIpc) is 2.52. The molecule has 2 aromatic carbocycles. The van der Waals surface area contributed by atoms with Crippen LogP contribution in [0, 0.1) is 0 Å². The van der Waals surface area contributed by atoms with E-state index in [0.29, 0.717) is 0 Å². The highest BCUT2D eigenvalue weighted by molar-refractivity contribution is 5.78. The van der Waals surface area contributed by atoms with Gasteiger partial charge in [0.05, 0.1) is 0 Å². The molecule has 0 heterocycles. The third-order valence-corrected chi connectivity index (χ3v) is 4.02. The van der Waals surface area contributed by atoms with Crippen LogP contribution in [0.3, 0.4) is 0 Å². The standard InChI is InChI=1S/C22H29NO2/c1-21(2,3)18-13-9-10-14-19(18)25-16-20(24)23-22(4,5)15-17-11-7-6-8-12-17/h6-14H,15-16H2,1-5H3,(H,23,24). The second-order valence-corrected chi connectivity index (χ2v) is 8.13. The van der Waals surface area contributed by atoms with Gasteiger partial charge in [0.15, 0.2) is 6.61 Å². The van der Waals surface area contributed by atoms with Gasteiger partial charge in [0.1, 0.15) is 5.75 Å². The van der Waals surface area contributed by atoms with Crippen LogP contribution < -0.4 is 10.1 Å². The Morgan fingerprint density at radius 1 is 0.920 bits per heavy atom. The van der Waals surface area contributed by atoms with Crippen LogP contribution in [0.15, 0.2) is 54.6 Å². The Balaban J connectivity index is 1.95. The molecule has 3 nitrogen and oxygen atoms in total. The first kappa shape index (κ1) is 19.0. The van der Waals surface area contributed by atoms with Crippen LogP contribution in [-0.4, -0.2) is 18.1 Å². The van der Waals surface area contributed by atoms with Gasteiger partial charge in [0.25, 0.3) is 5.91 Å². The maximum Gasteiger partial charge on any atom is 0.258 e. The average molecular weight is 339 g/mol. The lowest BCUT2D eigenvalue weighted by Crippen LogP contribution is -2.47. The second kappa shape index (κ2) is 7.73. The quantitative estimate of drug-likeness (QED) is 0.841. The molecule has 0 aliphatic rings. The lowest BCUT2D eigenvalue weighted by atomic mass is 9.86. The van der Waals surface area contributed by atoms with Crippen LogP contribution in [0.4, 0.5) is 0 Å². The highest BCUT2D eigenvalue weighted by atomic mass is 16.5. The van der Waals surface area contributed by atoms with E-state index in [0.717, 1.165) is 17.7 Å². The number of benzene rings is 2. The van der Waals surface area contributed by atoms with Crippen molar-refractivity contribution in [1.29, 1.82) is 0 Å². The maximum absolute atomic E-state index is 12.3. The van der Waals surface area contributed by atoms with Crippen LogP contribution in [0.1, 0.15) is 45.7 Å². The third-order valence-electron chi connectivity index (χ3n) is 4.02. The lowest BCUT2D eigenvalue weighted by Gasteiger charge is -2.27. The Labute approximate surface area is 151 Å². The molecule has 0 aromatic heterocycles. The molecule has 0 fully saturated rings. The van der Waals surface area contributed by atoms with E-state index < -0.39 is 0 Å². The molecule has 134 valence electrons. The van der Waals surface area contributed by atoms with Gasteiger partial charge in [-0.05, 0) is 42.9 Å². The lowest BCUT2D eigenvalue weighted by molar-refractivity contribution is -0.124. The first-order valence-electron chi connectivity index (χ1n) is 8.75. The predicted molar refractivity (Wildman–Crippen MR) is 103 cm³/mol. The van der Waals surface area contributed by atoms with E-state index in [-0.39, 0.29) is 23.5 Å². The number of amides is 1. The van der Waals surface area contributed by atoms with E-state index in [1.165, 1.54) is 5.56 Å². The molecule has 1 N–H and O–H groups in total. The van der Waals surface area contributed by atoms with E-state index >= 15 is 0 Å². The van der Waals surface area contributed by atoms with Crippen LogP contribution in [-0.2, 0) is 16.6 Å². The Morgan fingerprint density at radius 2 is 1.52 bits per heavy atom. The molecule has 0 unspecified atom stereocenters. The number of para-hydroxylation sites is 1. The fraction of sp³-hybridized carbons (Fsp3) is 0.409. The van der Waals surface area contributed by atoms with Crippen LogP contribution in [0.25, 0.3) is 0 Å². The van der Waals surface area contributed by atoms with Crippen molar-refractivity contribution in [2.24, 2.45) is 0 Å². The first-order valence-corrected chi connectivity index (χ1v) is 8.75. The number of carbonyl (C=O) groups is 1. The van der Waals surface area contributed by atoms with E-state index in [2.05, 4.69) is 38.2 Å². The van der Waals surface area contributed by atoms with E-state index in [9.17, 15) is 4.79 Å². The summed E-state index contributed by atoms with van der Waals surface area (Å²) >= 11 is 0. The summed E-state index contributed by atoms with van der Waals surface area (Å²) in [6.07, 6.45) is 0.776. The molecule has 0 bridgehead atoms. The number of rotatable bonds is 6. The van der Waals surface area contributed by atoms with Gasteiger partial charge in [-0.1, -0.05) is 69.3 Å². The zero-order valence-electron chi connectivity index (χ0n) is 15.9. The van der Waals surface area contributed by atoms with Crippen molar-refractivity contribution in [2.45, 2.75) is 52.0 Å². The maximum atomic E-state index is 12.3. The molecular formula is C22H29NO2. The molecule has 3 heteroatoms. The molecule has 0 saturated carbocycles. The Bertz CT molecular complexity index is 699. The molecule has 0 atom stereocenters. The van der Waals surface area contributed by atoms with Crippen LogP contribution in [0.2, 0.25) is 0 Å². The van der Waals surface area contributed by atoms with Gasteiger partial charge in [0, 0.05) is 5.54 Å². The summed E-state index contributed by atoms with van der Waals surface area (Å²) in [5, 5.41) is 3.07. The molecule has 0 aliphatic heterocycles. The third kappa shape index (κ3) is 5.93. The van der Waals surface area contributed by atoms with Gasteiger partial charge in [-0.15, -0.1) is 0 Å². The predicted octanol–water partition coefficient (Wildman–Crippen LogP) is 4.50. The fourth-order valence-corrected chi connectivity index (χ4v) is 2.92. The number of hydrogen-bond acceptors (Lipinski definition) is 2. The second-order valence-electron chi connectivity index (χ2n) is 8.13. The Hall–Kier alpha value is -2.29. The van der Waals surface area contributed by atoms with E-state index in [4.69, 9.17) is 4.74 Å². The smallest absolute Gasteiger partial charge is 0.258 e. The van der Waals surface area contributed by atoms with Crippen molar-refractivity contribution >= 4 is 5.91 Å². The molecule has 25 heavy (non-hydrogen) atoms. The summed E-state index contributed by atoms with van der Waals surface area (Å²) in [5.74, 6) is 0.663. The minimum atomic E-state index is -0.328.